The number of carbonyl (C=O) groups is 1. The Kier molecular flexibility index (Phi) is 4.94. The van der Waals surface area contributed by atoms with Crippen molar-refractivity contribution < 1.29 is 4.79 Å². The molecule has 0 aromatic heterocycles. The topological polar surface area (TPSA) is 46.3 Å². The minimum absolute atomic E-state index is 0.325. The second-order valence-corrected chi connectivity index (χ2v) is 4.18. The van der Waals surface area contributed by atoms with E-state index in [-0.39, 0.29) is 0 Å². The molecule has 0 aliphatic carbocycles. The van der Waals surface area contributed by atoms with Crippen LogP contribution in [0.5, 0.6) is 0 Å². The molecular weight excluding hydrogens is 176 g/mol. The molecule has 0 spiro atoms. The van der Waals surface area contributed by atoms with E-state index < -0.39 is 0 Å². The highest BCUT2D eigenvalue weighted by Crippen LogP contribution is 2.17. The van der Waals surface area contributed by atoms with E-state index in [1.807, 2.05) is 4.90 Å². The number of nitrogens with two attached hydrogens (primary N) is 1. The van der Waals surface area contributed by atoms with Crippen molar-refractivity contribution in [3.05, 3.63) is 0 Å². The maximum absolute atomic E-state index is 11.8. The normalized spacial score (nSPS) is 22.4. The number of amides is 1. The molecule has 0 aromatic carbocycles. The van der Waals surface area contributed by atoms with Gasteiger partial charge in [0.05, 0.1) is 0 Å². The molecule has 1 rings (SSSR count). The first-order valence-electron chi connectivity index (χ1n) is 5.75. The molecule has 1 aliphatic heterocycles. The number of hydrogen-bond acceptors (Lipinski definition) is 2. The average Bonchev–Trinajstić information content (AvgIpc) is 2.18. The van der Waals surface area contributed by atoms with Crippen LogP contribution in [0.3, 0.4) is 0 Å². The molecule has 0 radical (unpaired) electrons. The molecule has 2 N–H and O–H groups in total. The molecule has 14 heavy (non-hydrogen) atoms. The predicted molar refractivity (Wildman–Crippen MR) is 57.9 cm³/mol. The Morgan fingerprint density at radius 3 is 2.86 bits per heavy atom. The Bertz CT molecular complexity index is 182. The molecule has 1 saturated heterocycles. The van der Waals surface area contributed by atoms with Crippen LogP contribution in [0.4, 0.5) is 0 Å². The fraction of sp³-hybridized carbons (Fsp3) is 0.909. The average molecular weight is 198 g/mol. The molecule has 0 bridgehead atoms. The van der Waals surface area contributed by atoms with E-state index in [1.54, 1.807) is 0 Å². The summed E-state index contributed by atoms with van der Waals surface area (Å²) in [6.45, 7) is 3.81. The van der Waals surface area contributed by atoms with Gasteiger partial charge < -0.3 is 10.6 Å². The van der Waals surface area contributed by atoms with Gasteiger partial charge in [-0.3, -0.25) is 4.79 Å². The Morgan fingerprint density at radius 2 is 2.21 bits per heavy atom. The molecule has 3 heteroatoms. The Hall–Kier alpha value is -0.570. The first-order valence-corrected chi connectivity index (χ1v) is 5.75. The van der Waals surface area contributed by atoms with Gasteiger partial charge in [-0.25, -0.2) is 0 Å². The maximum Gasteiger partial charge on any atom is 0.222 e. The fourth-order valence-corrected chi connectivity index (χ4v) is 2.03. The molecule has 0 saturated carbocycles. The summed E-state index contributed by atoms with van der Waals surface area (Å²) in [5.74, 6) is 0.325. The summed E-state index contributed by atoms with van der Waals surface area (Å²) in [4.78, 5) is 13.8. The minimum Gasteiger partial charge on any atom is -0.340 e. The zero-order valence-corrected chi connectivity index (χ0v) is 9.17. The number of unbranched alkanes of at least 4 members (excludes halogenated alkanes) is 1. The summed E-state index contributed by atoms with van der Waals surface area (Å²) in [6, 6.07) is 0.453. The fourth-order valence-electron chi connectivity index (χ4n) is 2.03. The predicted octanol–water partition coefficient (Wildman–Crippen LogP) is 1.52. The lowest BCUT2D eigenvalue weighted by atomic mass is 10.0. The van der Waals surface area contributed by atoms with Crippen LogP contribution in [0.25, 0.3) is 0 Å². The van der Waals surface area contributed by atoms with Crippen LogP contribution in [0.15, 0.2) is 0 Å². The van der Waals surface area contributed by atoms with Crippen LogP contribution in [0, 0.1) is 0 Å². The number of hydrogen-bond donors (Lipinski definition) is 1. The lowest BCUT2D eigenvalue weighted by Crippen LogP contribution is -2.41. The minimum atomic E-state index is 0.325. The number of piperidine rings is 1. The highest BCUT2D eigenvalue weighted by molar-refractivity contribution is 5.76. The van der Waals surface area contributed by atoms with E-state index in [4.69, 9.17) is 5.73 Å². The lowest BCUT2D eigenvalue weighted by Gasteiger charge is -2.33. The lowest BCUT2D eigenvalue weighted by molar-refractivity contribution is -0.134. The van der Waals surface area contributed by atoms with Gasteiger partial charge in [0.15, 0.2) is 0 Å². The third-order valence-electron chi connectivity index (χ3n) is 2.97. The van der Waals surface area contributed by atoms with Crippen LogP contribution >= 0.6 is 0 Å². The van der Waals surface area contributed by atoms with Crippen molar-refractivity contribution in [2.24, 2.45) is 5.73 Å². The van der Waals surface area contributed by atoms with Crippen LogP contribution in [0.2, 0.25) is 0 Å². The van der Waals surface area contributed by atoms with Gasteiger partial charge in [-0.15, -0.1) is 0 Å². The van der Waals surface area contributed by atoms with Gasteiger partial charge in [0.1, 0.15) is 0 Å². The zero-order chi connectivity index (χ0) is 10.4. The van der Waals surface area contributed by atoms with E-state index in [1.165, 1.54) is 19.3 Å². The summed E-state index contributed by atoms with van der Waals surface area (Å²) in [5.41, 5.74) is 5.40. The van der Waals surface area contributed by atoms with Gasteiger partial charge >= 0.3 is 0 Å². The molecule has 1 fully saturated rings. The standard InChI is InChI=1S/C11H22N2O/c1-10-6-3-5-9-13(10)11(14)7-2-4-8-12/h10H,2-9,12H2,1H3. The van der Waals surface area contributed by atoms with Crippen molar-refractivity contribution in [1.82, 2.24) is 4.90 Å². The quantitative estimate of drug-likeness (QED) is 0.696. The molecule has 1 unspecified atom stereocenters. The molecule has 0 aromatic rings. The van der Waals surface area contributed by atoms with Crippen molar-refractivity contribution in [3.8, 4) is 0 Å². The van der Waals surface area contributed by atoms with Gasteiger partial charge in [0, 0.05) is 19.0 Å². The second-order valence-electron chi connectivity index (χ2n) is 4.18. The third kappa shape index (κ3) is 3.29. The van der Waals surface area contributed by atoms with Crippen molar-refractivity contribution in [2.45, 2.75) is 51.5 Å². The van der Waals surface area contributed by atoms with E-state index in [0.29, 0.717) is 24.9 Å². The molecule has 82 valence electrons. The van der Waals surface area contributed by atoms with Gasteiger partial charge in [0.25, 0.3) is 0 Å². The van der Waals surface area contributed by atoms with Crippen molar-refractivity contribution in [3.63, 3.8) is 0 Å². The second kappa shape index (κ2) is 6.02. The Morgan fingerprint density at radius 1 is 1.43 bits per heavy atom. The van der Waals surface area contributed by atoms with Crippen LogP contribution in [-0.2, 0) is 4.79 Å². The van der Waals surface area contributed by atoms with E-state index in [2.05, 4.69) is 6.92 Å². The largest absolute Gasteiger partial charge is 0.340 e. The zero-order valence-electron chi connectivity index (χ0n) is 9.17. The molecule has 1 heterocycles. The SMILES string of the molecule is CC1CCCCN1C(=O)CCCCN. The first kappa shape index (κ1) is 11.5. The monoisotopic (exact) mass is 198 g/mol. The Balaban J connectivity index is 2.27. The van der Waals surface area contributed by atoms with Crippen LogP contribution in [0.1, 0.15) is 45.4 Å². The van der Waals surface area contributed by atoms with Crippen molar-refractivity contribution in [1.29, 1.82) is 0 Å². The molecule has 1 aliphatic rings. The molecule has 1 atom stereocenters. The molecule has 3 nitrogen and oxygen atoms in total. The number of rotatable bonds is 4. The first-order chi connectivity index (χ1) is 6.75. The summed E-state index contributed by atoms with van der Waals surface area (Å²) < 4.78 is 0. The number of likely N-dealkylation sites (tertiary alicyclic amines) is 1. The molecular formula is C11H22N2O. The highest BCUT2D eigenvalue weighted by atomic mass is 16.2. The van der Waals surface area contributed by atoms with Crippen LogP contribution in [-0.4, -0.2) is 29.9 Å². The van der Waals surface area contributed by atoms with Crippen molar-refractivity contribution >= 4 is 5.91 Å². The smallest absolute Gasteiger partial charge is 0.222 e. The summed E-state index contributed by atoms with van der Waals surface area (Å²) in [5, 5.41) is 0. The van der Waals surface area contributed by atoms with Gasteiger partial charge in [-0.05, 0) is 45.6 Å². The summed E-state index contributed by atoms with van der Waals surface area (Å²) in [7, 11) is 0. The summed E-state index contributed by atoms with van der Waals surface area (Å²) in [6.07, 6.45) is 6.21. The molecule has 1 amide bonds. The highest BCUT2D eigenvalue weighted by Gasteiger charge is 2.22. The summed E-state index contributed by atoms with van der Waals surface area (Å²) >= 11 is 0. The maximum atomic E-state index is 11.8. The number of carbonyl (C=O) groups excluding carboxylic acids is 1. The van der Waals surface area contributed by atoms with Gasteiger partial charge in [0.2, 0.25) is 5.91 Å². The van der Waals surface area contributed by atoms with Gasteiger partial charge in [-0.1, -0.05) is 0 Å². The van der Waals surface area contributed by atoms with Crippen molar-refractivity contribution in [2.75, 3.05) is 13.1 Å². The Labute approximate surface area is 86.6 Å². The third-order valence-corrected chi connectivity index (χ3v) is 2.97. The van der Waals surface area contributed by atoms with Crippen LogP contribution < -0.4 is 5.73 Å². The van der Waals surface area contributed by atoms with E-state index in [0.717, 1.165) is 19.4 Å². The number of nitrogens with zero attached hydrogens (tertiary/aromatic N) is 1. The van der Waals surface area contributed by atoms with E-state index >= 15 is 0 Å². The van der Waals surface area contributed by atoms with E-state index in [9.17, 15) is 4.79 Å². The van der Waals surface area contributed by atoms with Gasteiger partial charge in [-0.2, -0.15) is 0 Å².